The Morgan fingerprint density at radius 1 is 0.833 bits per heavy atom. The molecule has 4 unspecified atom stereocenters. The fourth-order valence-electron chi connectivity index (χ4n) is 2.27. The molecule has 0 spiro atoms. The van der Waals surface area contributed by atoms with E-state index in [-0.39, 0.29) is 21.9 Å². The van der Waals surface area contributed by atoms with Crippen molar-refractivity contribution in [2.45, 2.75) is 58.3 Å². The Kier molecular flexibility index (Phi) is 4.42. The Morgan fingerprint density at radius 2 is 1.22 bits per heavy atom. The molecule has 0 radical (unpaired) electrons. The van der Waals surface area contributed by atoms with E-state index >= 15 is 0 Å². The van der Waals surface area contributed by atoms with Crippen molar-refractivity contribution in [3.8, 4) is 0 Å². The van der Waals surface area contributed by atoms with Crippen LogP contribution in [0.4, 0.5) is 0 Å². The van der Waals surface area contributed by atoms with Crippen molar-refractivity contribution in [1.29, 1.82) is 0 Å². The summed E-state index contributed by atoms with van der Waals surface area (Å²) in [6.45, 7) is 1.53. The predicted molar refractivity (Wildman–Crippen MR) is 56.4 cm³/mol. The number of rotatable bonds is 6. The SMILES string of the molecule is [O]=[Co]([CH2]C1CO1)[CH]1CCCC[CH]1[Co](=[O])[CH2]C1CO1. The van der Waals surface area contributed by atoms with E-state index in [0.717, 1.165) is 38.9 Å². The van der Waals surface area contributed by atoms with Crippen LogP contribution in [0.15, 0.2) is 0 Å². The molecule has 6 heteroatoms. The molecule has 2 aliphatic heterocycles. The van der Waals surface area contributed by atoms with Crippen LogP contribution in [0.5, 0.6) is 0 Å². The molecule has 0 aromatic heterocycles. The molecule has 3 rings (SSSR count). The number of hydrogen-bond donors (Lipinski definition) is 0. The summed E-state index contributed by atoms with van der Waals surface area (Å²) in [6, 6.07) is 0. The zero-order valence-electron chi connectivity index (χ0n) is 10.3. The summed E-state index contributed by atoms with van der Waals surface area (Å²) in [6.07, 6.45) is 4.68. The summed E-state index contributed by atoms with van der Waals surface area (Å²) < 4.78 is 35.1. The minimum absolute atomic E-state index is 0.164. The van der Waals surface area contributed by atoms with Gasteiger partial charge in [0.15, 0.2) is 0 Å². The van der Waals surface area contributed by atoms with Crippen LogP contribution < -0.4 is 0 Å². The van der Waals surface area contributed by atoms with Gasteiger partial charge < -0.3 is 0 Å². The maximum absolute atomic E-state index is 12.4. The third kappa shape index (κ3) is 3.55. The Bertz CT molecular complexity index is 318. The molecule has 3 fully saturated rings. The molecule has 110 valence electrons. The van der Waals surface area contributed by atoms with Gasteiger partial charge >= 0.3 is 116 Å². The van der Waals surface area contributed by atoms with Crippen LogP contribution in [0.25, 0.3) is 0 Å². The molecule has 0 amide bonds. The average molecular weight is 346 g/mol. The van der Waals surface area contributed by atoms with E-state index in [2.05, 4.69) is 0 Å². The number of hydrogen-bond acceptors (Lipinski definition) is 4. The third-order valence-corrected chi connectivity index (χ3v) is 8.67. The first-order valence-electron chi connectivity index (χ1n) is 6.46. The molecule has 2 saturated heterocycles. The van der Waals surface area contributed by atoms with Gasteiger partial charge in [0.05, 0.1) is 0 Å². The first-order chi connectivity index (χ1) is 8.74. The molecule has 1 saturated carbocycles. The van der Waals surface area contributed by atoms with Crippen LogP contribution in [-0.4, -0.2) is 25.4 Å². The molecule has 18 heavy (non-hydrogen) atoms. The summed E-state index contributed by atoms with van der Waals surface area (Å²) in [5.41, 5.74) is 0. The van der Waals surface area contributed by atoms with Gasteiger partial charge in [-0.15, -0.1) is 0 Å². The maximum atomic E-state index is 12.4. The molecule has 3 aliphatic rings. The summed E-state index contributed by atoms with van der Waals surface area (Å²) >= 11 is -2.46. The number of ether oxygens (including phenoxy) is 2. The summed E-state index contributed by atoms with van der Waals surface area (Å²) in [7, 11) is 0. The first kappa shape index (κ1) is 13.5. The van der Waals surface area contributed by atoms with Gasteiger partial charge in [0.2, 0.25) is 0 Å². The van der Waals surface area contributed by atoms with Crippen molar-refractivity contribution in [3.05, 3.63) is 0 Å². The van der Waals surface area contributed by atoms with Crippen LogP contribution >= 0.6 is 0 Å². The second kappa shape index (κ2) is 5.89. The molecule has 2 heterocycles. The van der Waals surface area contributed by atoms with Crippen LogP contribution in [-0.2, 0) is 44.4 Å². The van der Waals surface area contributed by atoms with Crippen LogP contribution in [0.1, 0.15) is 25.7 Å². The van der Waals surface area contributed by atoms with Gasteiger partial charge in [-0.05, 0) is 0 Å². The van der Waals surface area contributed by atoms with Crippen LogP contribution in [0.2, 0.25) is 20.4 Å². The van der Waals surface area contributed by atoms with E-state index in [1.54, 1.807) is 0 Å². The monoisotopic (exact) mass is 346 g/mol. The Balaban J connectivity index is 1.60. The first-order valence-corrected chi connectivity index (χ1v) is 9.98. The Hall–Kier alpha value is 0.533. The molecule has 0 aromatic carbocycles. The van der Waals surface area contributed by atoms with Gasteiger partial charge in [-0.25, -0.2) is 0 Å². The molecule has 1 aliphatic carbocycles. The molecule has 0 bridgehead atoms. The standard InChI is InChI=1S/C6H10.2C3H5O.2Co.2O/c1-2-4-6-5-3-1;2*1-3-2-4-3;;;;/h1-2H,3-6H2;2*3H,1-2H2;;;;. The Morgan fingerprint density at radius 3 is 1.56 bits per heavy atom. The normalized spacial score (nSPS) is 40.2. The van der Waals surface area contributed by atoms with Crippen LogP contribution in [0.3, 0.4) is 0 Å². The summed E-state index contributed by atoms with van der Waals surface area (Å²) in [5, 5.41) is 1.35. The van der Waals surface area contributed by atoms with Crippen molar-refractivity contribution in [2.24, 2.45) is 0 Å². The van der Waals surface area contributed by atoms with E-state index < -0.39 is 27.2 Å². The zero-order chi connectivity index (χ0) is 12.5. The third-order valence-electron chi connectivity index (χ3n) is 3.47. The quantitative estimate of drug-likeness (QED) is 0.694. The van der Waals surface area contributed by atoms with Gasteiger partial charge in [0, 0.05) is 0 Å². The minimum atomic E-state index is -1.23. The molecule has 0 N–H and O–H groups in total. The summed E-state index contributed by atoms with van der Waals surface area (Å²) in [5.74, 6) is 0. The predicted octanol–water partition coefficient (Wildman–Crippen LogP) is 2.70. The van der Waals surface area contributed by atoms with E-state index in [1.807, 2.05) is 0 Å². The molecule has 4 atom stereocenters. The van der Waals surface area contributed by atoms with Gasteiger partial charge in [-0.2, -0.15) is 0 Å². The average Bonchev–Trinajstić information content (AvgIpc) is 3.25. The van der Waals surface area contributed by atoms with Crippen LogP contribution in [0, 0.1) is 0 Å². The van der Waals surface area contributed by atoms with Gasteiger partial charge in [0.25, 0.3) is 0 Å². The van der Waals surface area contributed by atoms with Crippen molar-refractivity contribution in [2.75, 3.05) is 13.2 Å². The fourth-order valence-corrected chi connectivity index (χ4v) is 7.64. The zero-order valence-corrected chi connectivity index (χ0v) is 12.3. The molecular weight excluding hydrogens is 326 g/mol. The van der Waals surface area contributed by atoms with Crippen molar-refractivity contribution in [1.82, 2.24) is 0 Å². The van der Waals surface area contributed by atoms with Crippen molar-refractivity contribution < 1.29 is 44.4 Å². The van der Waals surface area contributed by atoms with E-state index in [1.165, 1.54) is 0 Å². The summed E-state index contributed by atoms with van der Waals surface area (Å²) in [4.78, 5) is 0.327. The van der Waals surface area contributed by atoms with Gasteiger partial charge in [-0.1, -0.05) is 0 Å². The molecule has 4 nitrogen and oxygen atoms in total. The molecular formula is C12H20Co2O4. The van der Waals surface area contributed by atoms with Crippen molar-refractivity contribution >= 4 is 0 Å². The van der Waals surface area contributed by atoms with E-state index in [9.17, 15) is 7.73 Å². The Labute approximate surface area is 116 Å². The van der Waals surface area contributed by atoms with Gasteiger partial charge in [0.1, 0.15) is 0 Å². The topological polar surface area (TPSA) is 59.2 Å². The molecule has 0 aromatic rings. The van der Waals surface area contributed by atoms with Gasteiger partial charge in [-0.3, -0.25) is 0 Å². The second-order valence-corrected chi connectivity index (χ2v) is 9.39. The fraction of sp³-hybridized carbons (Fsp3) is 1.00. The number of epoxide rings is 2. The van der Waals surface area contributed by atoms with E-state index in [0.29, 0.717) is 10.7 Å². The second-order valence-electron chi connectivity index (χ2n) is 5.05. The van der Waals surface area contributed by atoms with Crippen molar-refractivity contribution in [3.63, 3.8) is 0 Å². The van der Waals surface area contributed by atoms with E-state index in [4.69, 9.17) is 9.47 Å².